The van der Waals surface area contributed by atoms with Crippen molar-refractivity contribution in [3.8, 4) is 6.07 Å². The zero-order valence-corrected chi connectivity index (χ0v) is 37.8. The van der Waals surface area contributed by atoms with Gasteiger partial charge in [0, 0.05) is 49.0 Å². The summed E-state index contributed by atoms with van der Waals surface area (Å²) in [5.41, 5.74) is -0.511. The Morgan fingerprint density at radius 1 is 0.871 bits per heavy atom. The van der Waals surface area contributed by atoms with E-state index in [2.05, 4.69) is 51.3 Å². The smallest absolute Gasteiger partial charge is 0.264 e. The highest BCUT2D eigenvalue weighted by atomic mass is 16.2. The number of imide groups is 2. The number of likely N-dealkylation sites (N-methyl/N-ethyl adjacent to an activating group) is 1. The predicted molar refractivity (Wildman–Crippen MR) is 232 cm³/mol. The number of Topliss-reactive ketones (excluding diaryl/α,β-unsaturated/α-hetero) is 1. The molecule has 8 atom stereocenters. The zero-order chi connectivity index (χ0) is 44.9. The van der Waals surface area contributed by atoms with Crippen molar-refractivity contribution in [1.82, 2.24) is 15.1 Å². The molecule has 62 heavy (non-hydrogen) atoms. The predicted octanol–water partition coefficient (Wildman–Crippen LogP) is 7.35. The Bertz CT molecular complexity index is 2300. The Kier molecular flexibility index (Phi) is 10.5. The standard InChI is InChI=1S/C50H63N5O7/c1-45(2)19-21-50(22-20-49(7)39(31(50)27-45)34(56)25-36-47(5)26-29(28-51)40(58)46(3,4)35(47)17-18-48(36,49)6)44(62)53-24-11-9-10-23-52-32-14-12-13-30-38(32)43(61)55(41(30)59)33-15-16-37(57)54(8)42(33)60/h12-14,25-26,31,33,35,39,52H,9-11,15-24,27H2,1-8H3,(H,53,62)/t31-,33?,35-,39-,47-,48+,49+,50-/m0/s1. The minimum Gasteiger partial charge on any atom is -0.384 e. The van der Waals surface area contributed by atoms with Crippen LogP contribution in [0.3, 0.4) is 0 Å². The number of fused-ring (bicyclic) bond motifs is 8. The monoisotopic (exact) mass is 845 g/mol. The molecule has 0 bridgehead atoms. The number of rotatable bonds is 9. The number of nitrogens with zero attached hydrogens (tertiary/aromatic N) is 3. The average molecular weight is 846 g/mol. The van der Waals surface area contributed by atoms with Gasteiger partial charge in [-0.3, -0.25) is 43.4 Å². The van der Waals surface area contributed by atoms with E-state index in [-0.39, 0.29) is 81.5 Å². The number of nitriles is 1. The molecule has 12 heteroatoms. The Morgan fingerprint density at radius 3 is 2.31 bits per heavy atom. The Hall–Kier alpha value is -4.92. The molecule has 1 aromatic carbocycles. The van der Waals surface area contributed by atoms with Crippen molar-refractivity contribution in [3.05, 3.63) is 52.6 Å². The molecule has 0 aromatic heterocycles. The number of likely N-dealkylation sites (tertiary alicyclic amines) is 1. The molecule has 0 radical (unpaired) electrons. The van der Waals surface area contributed by atoms with E-state index in [0.29, 0.717) is 25.2 Å². The highest BCUT2D eigenvalue weighted by molar-refractivity contribution is 6.25. The van der Waals surface area contributed by atoms with E-state index >= 15 is 0 Å². The molecule has 5 amide bonds. The molecule has 1 unspecified atom stereocenters. The summed E-state index contributed by atoms with van der Waals surface area (Å²) in [4.78, 5) is 96.9. The summed E-state index contributed by atoms with van der Waals surface area (Å²) in [5, 5.41) is 16.7. The van der Waals surface area contributed by atoms with Crippen molar-refractivity contribution in [2.75, 3.05) is 25.5 Å². The van der Waals surface area contributed by atoms with E-state index in [1.165, 1.54) is 7.05 Å². The molecule has 1 saturated heterocycles. The van der Waals surface area contributed by atoms with Gasteiger partial charge in [0.1, 0.15) is 12.1 Å². The van der Waals surface area contributed by atoms with E-state index in [1.807, 2.05) is 26.0 Å². The van der Waals surface area contributed by atoms with Gasteiger partial charge >= 0.3 is 0 Å². The average Bonchev–Trinajstić information content (AvgIpc) is 3.47. The molecule has 330 valence electrons. The van der Waals surface area contributed by atoms with Crippen LogP contribution in [0.25, 0.3) is 0 Å². The molecule has 4 fully saturated rings. The maximum atomic E-state index is 14.9. The fourth-order valence-corrected chi connectivity index (χ4v) is 13.9. The summed E-state index contributed by atoms with van der Waals surface area (Å²) in [5.74, 6) is -2.39. The molecule has 7 aliphatic rings. The number of hydrogen-bond donors (Lipinski definition) is 2. The van der Waals surface area contributed by atoms with Gasteiger partial charge in [-0.2, -0.15) is 5.26 Å². The van der Waals surface area contributed by atoms with E-state index in [0.717, 1.165) is 73.2 Å². The highest BCUT2D eigenvalue weighted by Crippen LogP contribution is 2.74. The lowest BCUT2D eigenvalue weighted by Gasteiger charge is -2.69. The summed E-state index contributed by atoms with van der Waals surface area (Å²) in [6.45, 7) is 16.2. The first-order chi connectivity index (χ1) is 29.1. The quantitative estimate of drug-likeness (QED) is 0.190. The van der Waals surface area contributed by atoms with Crippen LogP contribution in [-0.2, 0) is 24.0 Å². The zero-order valence-electron chi connectivity index (χ0n) is 37.8. The lowest BCUT2D eigenvalue weighted by atomic mass is 9.34. The maximum Gasteiger partial charge on any atom is 0.264 e. The first-order valence-electron chi connectivity index (χ1n) is 22.9. The Labute approximate surface area is 365 Å². The molecule has 12 nitrogen and oxygen atoms in total. The van der Waals surface area contributed by atoms with Gasteiger partial charge in [0.2, 0.25) is 11.8 Å². The number of carbonyl (C=O) groups is 7. The topological polar surface area (TPSA) is 174 Å². The number of carbonyl (C=O) groups excluding carboxylic acids is 7. The van der Waals surface area contributed by atoms with Gasteiger partial charge in [-0.15, -0.1) is 0 Å². The van der Waals surface area contributed by atoms with E-state index in [4.69, 9.17) is 0 Å². The minimum atomic E-state index is -1.01. The largest absolute Gasteiger partial charge is 0.384 e. The molecule has 2 aliphatic heterocycles. The third-order valence-corrected chi connectivity index (χ3v) is 17.6. The summed E-state index contributed by atoms with van der Waals surface area (Å²) >= 11 is 0. The van der Waals surface area contributed by atoms with Crippen LogP contribution in [0, 0.1) is 61.6 Å². The van der Waals surface area contributed by atoms with Crippen LogP contribution < -0.4 is 10.6 Å². The van der Waals surface area contributed by atoms with Crippen molar-refractivity contribution in [2.24, 2.45) is 50.2 Å². The van der Waals surface area contributed by atoms with Crippen molar-refractivity contribution in [3.63, 3.8) is 0 Å². The van der Waals surface area contributed by atoms with Gasteiger partial charge < -0.3 is 10.6 Å². The third kappa shape index (κ3) is 6.21. The van der Waals surface area contributed by atoms with Gasteiger partial charge in [0.05, 0.1) is 22.1 Å². The van der Waals surface area contributed by atoms with E-state index < -0.39 is 45.4 Å². The molecule has 3 saturated carbocycles. The summed E-state index contributed by atoms with van der Waals surface area (Å²) in [6, 6.07) is 6.23. The van der Waals surface area contributed by atoms with Gasteiger partial charge in [0.25, 0.3) is 17.7 Å². The lowest BCUT2D eigenvalue weighted by molar-refractivity contribution is -0.178. The molecule has 1 aromatic rings. The second-order valence-electron chi connectivity index (χ2n) is 21.7. The number of allylic oxidation sites excluding steroid dienone is 4. The Morgan fingerprint density at radius 2 is 1.58 bits per heavy atom. The van der Waals surface area contributed by atoms with Crippen molar-refractivity contribution >= 4 is 46.8 Å². The minimum absolute atomic E-state index is 0.0216. The molecule has 5 aliphatic carbocycles. The number of ketones is 2. The number of nitrogens with one attached hydrogen (secondary N) is 2. The molecular formula is C50H63N5O7. The fraction of sp³-hybridized carbons (Fsp3) is 0.640. The number of anilines is 1. The Balaban J connectivity index is 0.930. The van der Waals surface area contributed by atoms with E-state index in [1.54, 1.807) is 18.2 Å². The number of amides is 5. The summed E-state index contributed by atoms with van der Waals surface area (Å²) in [6.07, 6.45) is 11.8. The number of benzene rings is 1. The number of unbranched alkanes of at least 4 members (excludes halogenated alkanes) is 2. The normalized spacial score (nSPS) is 35.7. The van der Waals surface area contributed by atoms with Crippen LogP contribution >= 0.6 is 0 Å². The first-order valence-corrected chi connectivity index (χ1v) is 22.9. The molecule has 8 rings (SSSR count). The maximum absolute atomic E-state index is 14.9. The van der Waals surface area contributed by atoms with Crippen molar-refractivity contribution in [2.45, 2.75) is 132 Å². The van der Waals surface area contributed by atoms with Gasteiger partial charge in [-0.25, -0.2) is 0 Å². The van der Waals surface area contributed by atoms with Gasteiger partial charge in [-0.05, 0) is 117 Å². The van der Waals surface area contributed by atoms with Crippen molar-refractivity contribution < 1.29 is 33.6 Å². The summed E-state index contributed by atoms with van der Waals surface area (Å²) < 4.78 is 0. The van der Waals surface area contributed by atoms with Crippen LogP contribution in [0.2, 0.25) is 0 Å². The van der Waals surface area contributed by atoms with Crippen LogP contribution in [0.4, 0.5) is 5.69 Å². The van der Waals surface area contributed by atoms with Crippen LogP contribution in [-0.4, -0.2) is 77.1 Å². The molecule has 2 heterocycles. The molecule has 0 spiro atoms. The highest BCUT2D eigenvalue weighted by Gasteiger charge is 2.71. The molecule has 2 N–H and O–H groups in total. The number of piperidine rings is 1. The van der Waals surface area contributed by atoms with Crippen LogP contribution in [0.1, 0.15) is 146 Å². The van der Waals surface area contributed by atoms with Gasteiger partial charge in [-0.1, -0.05) is 66.2 Å². The molecular weight excluding hydrogens is 783 g/mol. The van der Waals surface area contributed by atoms with Crippen LogP contribution in [0.15, 0.2) is 41.5 Å². The van der Waals surface area contributed by atoms with E-state index in [9.17, 15) is 38.8 Å². The third-order valence-electron chi connectivity index (χ3n) is 17.6. The summed E-state index contributed by atoms with van der Waals surface area (Å²) in [7, 11) is 1.37. The fourth-order valence-electron chi connectivity index (χ4n) is 13.9. The van der Waals surface area contributed by atoms with Crippen molar-refractivity contribution in [1.29, 1.82) is 5.26 Å². The first kappa shape index (κ1) is 43.7. The number of hydrogen-bond acceptors (Lipinski definition) is 9. The second kappa shape index (κ2) is 14.8. The second-order valence-corrected chi connectivity index (χ2v) is 21.7. The van der Waals surface area contributed by atoms with Gasteiger partial charge in [0.15, 0.2) is 11.6 Å². The SMILES string of the molecule is CN1C(=O)CCC(N2C(=O)c3cccc(NCCCCCNC(=O)[C@]45CCC(C)(C)C[C@H]4[C@H]4C(=O)C=C6[C@@]7(C)C=C(C#N)C(=O)C(C)(C)[C@@H]7CC[C@@]6(C)[C@]4(C)CC5)c3C2=O)C1=O. The van der Waals surface area contributed by atoms with Crippen LogP contribution in [0.5, 0.6) is 0 Å². The lowest BCUT2D eigenvalue weighted by Crippen LogP contribution is -2.66.